The van der Waals surface area contributed by atoms with Crippen LogP contribution in [0.3, 0.4) is 0 Å². The number of aromatic nitrogens is 1. The maximum Gasteiger partial charge on any atom is 0.295 e. The van der Waals surface area contributed by atoms with E-state index in [4.69, 9.17) is 13.8 Å². The van der Waals surface area contributed by atoms with E-state index in [0.717, 1.165) is 55.6 Å². The molecule has 0 saturated heterocycles. The van der Waals surface area contributed by atoms with Gasteiger partial charge in [-0.05, 0) is 66.2 Å². The number of hydrogen-bond donors (Lipinski definition) is 4. The number of methoxy groups -OCH3 is 1. The summed E-state index contributed by atoms with van der Waals surface area (Å²) < 4.78 is 70.2. The molecule has 14 heteroatoms. The number of para-hydroxylation sites is 1. The quantitative estimate of drug-likeness (QED) is 0.0877. The van der Waals surface area contributed by atoms with Gasteiger partial charge in [0, 0.05) is 65.9 Å². The molecule has 1 aliphatic heterocycles. The predicted molar refractivity (Wildman–Crippen MR) is 222 cm³/mol. The normalized spacial score (nSPS) is 12.8. The highest BCUT2D eigenvalue weighted by atomic mass is 32.2. The van der Waals surface area contributed by atoms with Crippen LogP contribution in [0.15, 0.2) is 143 Å². The van der Waals surface area contributed by atoms with Crippen LogP contribution in [0.25, 0.3) is 21.7 Å². The van der Waals surface area contributed by atoms with Crippen LogP contribution < -0.4 is 4.74 Å². The maximum atomic E-state index is 12.0. The van der Waals surface area contributed by atoms with E-state index in [1.807, 2.05) is 0 Å². The molecule has 300 valence electrons. The fourth-order valence-electron chi connectivity index (χ4n) is 6.96. The lowest BCUT2D eigenvalue weighted by molar-refractivity contribution is 0.0990. The van der Waals surface area contributed by atoms with E-state index in [1.54, 1.807) is 31.4 Å². The van der Waals surface area contributed by atoms with Crippen LogP contribution in [-0.2, 0) is 46.2 Å². The highest BCUT2D eigenvalue weighted by Gasteiger charge is 2.22. The first-order valence-corrected chi connectivity index (χ1v) is 21.0. The summed E-state index contributed by atoms with van der Waals surface area (Å²) in [6.45, 7) is 3.19. The minimum Gasteiger partial charge on any atom is -0.508 e. The van der Waals surface area contributed by atoms with Crippen molar-refractivity contribution in [1.82, 2.24) is 9.47 Å². The van der Waals surface area contributed by atoms with Crippen LogP contribution >= 0.6 is 0 Å². The van der Waals surface area contributed by atoms with Gasteiger partial charge in [0.05, 0.1) is 12.7 Å². The summed E-state index contributed by atoms with van der Waals surface area (Å²) in [5.74, 6) is 0.239. The first-order chi connectivity index (χ1) is 27.6. The van der Waals surface area contributed by atoms with E-state index in [1.165, 1.54) is 64.1 Å². The SMILES string of the molecule is CN1CCc2c(c3ccccc3n2Cc2ccccc2)C1.COc1ccc(CC(=O)c2ccc(O)cc2O)cc1.O=S(=O)(O)c1cccc2c(S(=O)(=O)O)cccc12. The Labute approximate surface area is 336 Å². The van der Waals surface area contributed by atoms with Gasteiger partial charge in [-0.2, -0.15) is 16.8 Å². The summed E-state index contributed by atoms with van der Waals surface area (Å²) in [6, 6.07) is 38.2. The molecule has 7 aromatic rings. The van der Waals surface area contributed by atoms with Crippen LogP contribution in [0.1, 0.15) is 32.7 Å². The molecule has 2 heterocycles. The van der Waals surface area contributed by atoms with E-state index in [-0.39, 0.29) is 40.0 Å². The topological polar surface area (TPSA) is 184 Å². The zero-order chi connectivity index (χ0) is 41.6. The molecule has 58 heavy (non-hydrogen) atoms. The van der Waals surface area contributed by atoms with Gasteiger partial charge in [-0.15, -0.1) is 0 Å². The largest absolute Gasteiger partial charge is 0.508 e. The Morgan fingerprint density at radius 3 is 1.86 bits per heavy atom. The van der Waals surface area contributed by atoms with Crippen LogP contribution in [0.5, 0.6) is 17.2 Å². The van der Waals surface area contributed by atoms with E-state index in [0.29, 0.717) is 0 Å². The van der Waals surface area contributed by atoms with Crippen molar-refractivity contribution in [2.75, 3.05) is 20.7 Å². The van der Waals surface area contributed by atoms with Gasteiger partial charge in [-0.3, -0.25) is 13.9 Å². The molecular formula is C44H42N2O10S2. The molecule has 0 atom stereocenters. The van der Waals surface area contributed by atoms with Gasteiger partial charge in [-0.1, -0.05) is 84.9 Å². The zero-order valence-electron chi connectivity index (χ0n) is 31.7. The number of aromatic hydroxyl groups is 2. The highest BCUT2D eigenvalue weighted by molar-refractivity contribution is 7.86. The van der Waals surface area contributed by atoms with Crippen molar-refractivity contribution in [2.45, 2.75) is 35.7 Å². The summed E-state index contributed by atoms with van der Waals surface area (Å²) in [6.07, 6.45) is 1.33. The van der Waals surface area contributed by atoms with Gasteiger partial charge in [0.1, 0.15) is 27.0 Å². The van der Waals surface area contributed by atoms with Crippen molar-refractivity contribution in [2.24, 2.45) is 0 Å². The molecule has 0 bridgehead atoms. The first-order valence-electron chi connectivity index (χ1n) is 18.1. The molecule has 0 fully saturated rings. The number of ether oxygens (including phenoxy) is 1. The van der Waals surface area contributed by atoms with Crippen molar-refractivity contribution < 1.29 is 45.7 Å². The number of carbonyl (C=O) groups is 1. The Hall–Kier alpha value is -6.03. The molecular weight excluding hydrogens is 781 g/mol. The standard InChI is InChI=1S/C19H20N2.C15H14O4.C10H8O6S2/c1-20-12-11-19-17(14-20)16-9-5-6-10-18(16)21(19)13-15-7-3-2-4-8-15;1-19-12-5-2-10(3-6-12)8-14(17)13-7-4-11(16)9-15(13)18;11-17(12,13)9-5-1-3-7-8(9)4-2-6-10(7)18(14,15)16/h2-10H,11-14H2,1H3;2-7,9,16,18H,8H2,1H3;1-6H,(H,11,12,13)(H,14,15,16). The Bertz CT molecular complexity index is 2730. The van der Waals surface area contributed by atoms with Gasteiger partial charge >= 0.3 is 0 Å². The molecule has 0 amide bonds. The Morgan fingerprint density at radius 2 is 1.28 bits per heavy atom. The minimum atomic E-state index is -4.47. The van der Waals surface area contributed by atoms with Gasteiger partial charge in [0.25, 0.3) is 20.2 Å². The Morgan fingerprint density at radius 1 is 0.690 bits per heavy atom. The number of carbonyl (C=O) groups excluding carboxylic acids is 1. The number of benzene rings is 6. The number of likely N-dealkylation sites (N-methyl/N-ethyl adjacent to an activating group) is 1. The van der Waals surface area contributed by atoms with Crippen LogP contribution in [0, 0.1) is 0 Å². The van der Waals surface area contributed by atoms with E-state index in [9.17, 15) is 31.8 Å². The second-order valence-electron chi connectivity index (χ2n) is 13.7. The van der Waals surface area contributed by atoms with Gasteiger partial charge in [-0.25, -0.2) is 0 Å². The van der Waals surface area contributed by atoms with Crippen molar-refractivity contribution in [3.63, 3.8) is 0 Å². The summed E-state index contributed by atoms with van der Waals surface area (Å²) in [4.78, 5) is 13.6. The molecule has 6 aromatic carbocycles. The minimum absolute atomic E-state index is 0.0233. The van der Waals surface area contributed by atoms with Gasteiger partial charge < -0.3 is 24.4 Å². The zero-order valence-corrected chi connectivity index (χ0v) is 33.3. The van der Waals surface area contributed by atoms with Crippen LogP contribution in [0.2, 0.25) is 0 Å². The smallest absolute Gasteiger partial charge is 0.295 e. The molecule has 0 radical (unpaired) electrons. The molecule has 0 unspecified atom stereocenters. The third-order valence-electron chi connectivity index (χ3n) is 9.74. The number of phenols is 2. The number of nitrogens with zero attached hydrogens (tertiary/aromatic N) is 2. The van der Waals surface area contributed by atoms with E-state index in [2.05, 4.69) is 71.1 Å². The number of hydrogen-bond acceptors (Lipinski definition) is 9. The van der Waals surface area contributed by atoms with Gasteiger partial charge in [0.15, 0.2) is 5.78 Å². The monoisotopic (exact) mass is 822 g/mol. The van der Waals surface area contributed by atoms with Crippen LogP contribution in [-0.4, -0.2) is 72.1 Å². The average molecular weight is 823 g/mol. The molecule has 1 aliphatic rings. The number of rotatable bonds is 8. The summed E-state index contributed by atoms with van der Waals surface area (Å²) >= 11 is 0. The lowest BCUT2D eigenvalue weighted by Crippen LogP contribution is -2.27. The summed E-state index contributed by atoms with van der Waals surface area (Å²) in [5.41, 5.74) is 6.84. The summed E-state index contributed by atoms with van der Waals surface area (Å²) in [7, 11) is -5.14. The predicted octanol–water partition coefficient (Wildman–Crippen LogP) is 7.54. The third kappa shape index (κ3) is 9.73. The maximum absolute atomic E-state index is 12.0. The molecule has 12 nitrogen and oxygen atoms in total. The fraction of sp³-hybridized carbons (Fsp3) is 0.159. The molecule has 8 rings (SSSR count). The van der Waals surface area contributed by atoms with Crippen molar-refractivity contribution >= 4 is 47.7 Å². The number of Topliss-reactive ketones (excluding diaryl/α,β-unsaturated/α-hetero) is 1. The van der Waals surface area contributed by atoms with E-state index < -0.39 is 30.0 Å². The highest BCUT2D eigenvalue weighted by Crippen LogP contribution is 2.32. The van der Waals surface area contributed by atoms with Crippen molar-refractivity contribution in [1.29, 1.82) is 0 Å². The third-order valence-corrected chi connectivity index (χ3v) is 11.6. The van der Waals surface area contributed by atoms with E-state index >= 15 is 0 Å². The molecule has 1 aromatic heterocycles. The molecule has 0 saturated carbocycles. The number of fused-ring (bicyclic) bond motifs is 4. The number of ketones is 1. The summed E-state index contributed by atoms with van der Waals surface area (Å²) in [5, 5.41) is 20.3. The molecule has 4 N–H and O–H groups in total. The second-order valence-corrected chi connectivity index (χ2v) is 16.5. The molecule has 0 aliphatic carbocycles. The second kappa shape index (κ2) is 17.6. The first kappa shape index (κ1) is 41.6. The number of phenolic OH excluding ortho intramolecular Hbond substituents is 2. The lowest BCUT2D eigenvalue weighted by Gasteiger charge is -2.24. The van der Waals surface area contributed by atoms with Crippen LogP contribution in [0.4, 0.5) is 0 Å². The molecule has 0 spiro atoms. The van der Waals surface area contributed by atoms with Crippen molar-refractivity contribution in [3.8, 4) is 17.2 Å². The Balaban J connectivity index is 0.000000147. The fourth-order valence-corrected chi connectivity index (χ4v) is 8.38. The Kier molecular flexibility index (Phi) is 12.6. The lowest BCUT2D eigenvalue weighted by atomic mass is 10.0. The van der Waals surface area contributed by atoms with Crippen molar-refractivity contribution in [3.05, 3.63) is 161 Å². The van der Waals surface area contributed by atoms with Gasteiger partial charge in [0.2, 0.25) is 0 Å². The average Bonchev–Trinajstić information content (AvgIpc) is 3.49.